The lowest BCUT2D eigenvalue weighted by atomic mass is 10.1. The molecule has 2 aromatic heterocycles. The number of nitrogens with zero attached hydrogens (tertiary/aromatic N) is 4. The third-order valence-corrected chi connectivity index (χ3v) is 3.87. The maximum absolute atomic E-state index is 10.2. The van der Waals surface area contributed by atoms with Gasteiger partial charge in [-0.3, -0.25) is 9.56 Å². The standard InChI is InChI=1S/C15H21N5O4/c1-8(2)3-4-16-13-10-14(18-6-17-13)20(7-19-10)15-12(23)11(22)9(5-21)24-15/h3,6-7,9,11-12,15,21-23H,4-5H2,1-2H3,(H,16,17,18)/t9-,11-,12-,15-/m1/s1/i6T. The minimum atomic E-state index is -1.24. The first-order valence-electron chi connectivity index (χ1n) is 8.12. The number of imidazole rings is 1. The van der Waals surface area contributed by atoms with E-state index < -0.39 is 31.1 Å². The number of ether oxygens (including phenoxy) is 1. The topological polar surface area (TPSA) is 129 Å². The summed E-state index contributed by atoms with van der Waals surface area (Å²) in [7, 11) is 0. The fraction of sp³-hybridized carbons (Fsp3) is 0.533. The molecule has 0 saturated carbocycles. The van der Waals surface area contributed by atoms with Crippen molar-refractivity contribution < 1.29 is 21.4 Å². The molecule has 24 heavy (non-hydrogen) atoms. The highest BCUT2D eigenvalue weighted by molar-refractivity contribution is 5.68. The molecular weight excluding hydrogens is 314 g/mol. The minimum absolute atomic E-state index is 0.114. The molecule has 1 aliphatic rings. The second kappa shape index (κ2) is 6.81. The Hall–Kier alpha value is -2.07. The number of aliphatic hydroxyl groups excluding tert-OH is 3. The normalized spacial score (nSPS) is 28.4. The van der Waals surface area contributed by atoms with Crippen molar-refractivity contribution in [1.29, 1.82) is 0 Å². The molecule has 3 heterocycles. The molecule has 2 aromatic rings. The number of fused-ring (bicyclic) bond motifs is 1. The molecule has 0 amide bonds. The summed E-state index contributed by atoms with van der Waals surface area (Å²) in [5.74, 6) is 0. The zero-order chi connectivity index (χ0) is 18.1. The van der Waals surface area contributed by atoms with Crippen molar-refractivity contribution >= 4 is 11.2 Å². The van der Waals surface area contributed by atoms with Crippen molar-refractivity contribution in [2.45, 2.75) is 38.4 Å². The maximum atomic E-state index is 10.2. The number of aliphatic hydroxyl groups is 3. The summed E-state index contributed by atoms with van der Waals surface area (Å²) in [6, 6.07) is 0. The zero-order valence-electron chi connectivity index (χ0n) is 14.4. The summed E-state index contributed by atoms with van der Waals surface area (Å²) in [4.78, 5) is 15.4. The van der Waals surface area contributed by atoms with Crippen LogP contribution in [0.2, 0.25) is 0 Å². The lowest BCUT2D eigenvalue weighted by Gasteiger charge is -2.16. The van der Waals surface area contributed by atoms with Crippen LogP contribution in [0, 0.1) is 0 Å². The number of rotatable bonds is 4. The molecule has 0 spiro atoms. The fourth-order valence-electron chi connectivity index (χ4n) is 2.56. The van der Waals surface area contributed by atoms with Crippen LogP contribution in [0.4, 0.5) is 0 Å². The van der Waals surface area contributed by atoms with Crippen molar-refractivity contribution in [2.75, 3.05) is 13.2 Å². The van der Waals surface area contributed by atoms with Crippen LogP contribution in [0.15, 0.2) is 29.3 Å². The fourth-order valence-corrected chi connectivity index (χ4v) is 2.56. The van der Waals surface area contributed by atoms with Gasteiger partial charge in [-0.1, -0.05) is 11.6 Å². The molecule has 9 nitrogen and oxygen atoms in total. The van der Waals surface area contributed by atoms with Gasteiger partial charge in [0.25, 0.3) is 0 Å². The number of nitrogens with one attached hydrogen (secondary N) is 1. The molecule has 130 valence electrons. The Bertz CT molecular complexity index is 857. The highest BCUT2D eigenvalue weighted by Crippen LogP contribution is 2.30. The van der Waals surface area contributed by atoms with Crippen molar-refractivity contribution in [2.24, 2.45) is 4.99 Å². The number of hydrogen-bond donors (Lipinski definition) is 4. The highest BCUT2D eigenvalue weighted by Gasteiger charge is 2.43. The number of allylic oxidation sites excluding steroid dienone is 1. The largest absolute Gasteiger partial charge is 0.394 e. The molecule has 1 saturated heterocycles. The summed E-state index contributed by atoms with van der Waals surface area (Å²) in [6.45, 7) is 3.92. The summed E-state index contributed by atoms with van der Waals surface area (Å²) < 4.78 is 14.8. The van der Waals surface area contributed by atoms with E-state index >= 15 is 0 Å². The van der Waals surface area contributed by atoms with Crippen LogP contribution in [0.1, 0.15) is 21.4 Å². The molecule has 0 unspecified atom stereocenters. The lowest BCUT2D eigenvalue weighted by molar-refractivity contribution is -0.0511. The van der Waals surface area contributed by atoms with Gasteiger partial charge in [0.2, 0.25) is 0 Å². The molecule has 1 fully saturated rings. The summed E-state index contributed by atoms with van der Waals surface area (Å²) in [5, 5.41) is 29.3. The smallest absolute Gasteiger partial charge is 0.179 e. The Morgan fingerprint density at radius 2 is 2.25 bits per heavy atom. The first-order valence-corrected chi connectivity index (χ1v) is 7.62. The molecule has 3 rings (SSSR count). The average molecular weight is 337 g/mol. The quantitative estimate of drug-likeness (QED) is 0.543. The van der Waals surface area contributed by atoms with E-state index in [1.165, 1.54) is 10.9 Å². The molecule has 9 heteroatoms. The monoisotopic (exact) mass is 337 g/mol. The van der Waals surface area contributed by atoms with Gasteiger partial charge in [-0.2, -0.15) is 0 Å². The van der Waals surface area contributed by atoms with E-state index in [4.69, 9.17) is 6.11 Å². The Balaban J connectivity index is 2.05. The SMILES string of the molecule is [3H]c1nc(=NCC=C(C)C)c2ncn([C@@H]3O[C@H](CO)[C@@H](O)[C@H]3O)c2[nH]1. The molecule has 0 bridgehead atoms. The molecule has 0 aromatic carbocycles. The summed E-state index contributed by atoms with van der Waals surface area (Å²) in [6.07, 6.45) is -1.06. The Kier molecular flexibility index (Phi) is 4.39. The van der Waals surface area contributed by atoms with Gasteiger partial charge in [-0.25, -0.2) is 9.97 Å². The minimum Gasteiger partial charge on any atom is -0.394 e. The zero-order valence-corrected chi connectivity index (χ0v) is 13.4. The molecule has 4 atom stereocenters. The molecule has 1 aliphatic heterocycles. The number of aromatic amines is 1. The van der Waals surface area contributed by atoms with E-state index in [0.717, 1.165) is 5.57 Å². The van der Waals surface area contributed by atoms with E-state index in [-0.39, 0.29) is 6.30 Å². The van der Waals surface area contributed by atoms with Crippen molar-refractivity contribution in [1.82, 2.24) is 19.5 Å². The van der Waals surface area contributed by atoms with E-state index in [1.807, 2.05) is 19.9 Å². The van der Waals surface area contributed by atoms with Crippen LogP contribution >= 0.6 is 0 Å². The second-order valence-electron chi connectivity index (χ2n) is 5.87. The predicted molar refractivity (Wildman–Crippen MR) is 84.7 cm³/mol. The van der Waals surface area contributed by atoms with Crippen LogP contribution in [0.25, 0.3) is 11.2 Å². The van der Waals surface area contributed by atoms with Gasteiger partial charge in [0.05, 0.1) is 25.8 Å². The first-order chi connectivity index (χ1) is 11.9. The van der Waals surface area contributed by atoms with Crippen LogP contribution in [0.3, 0.4) is 0 Å². The molecule has 0 radical (unpaired) electrons. The van der Waals surface area contributed by atoms with Crippen LogP contribution < -0.4 is 5.49 Å². The van der Waals surface area contributed by atoms with Gasteiger partial charge < -0.3 is 25.0 Å². The van der Waals surface area contributed by atoms with Crippen LogP contribution in [-0.2, 0) is 4.74 Å². The second-order valence-corrected chi connectivity index (χ2v) is 5.87. The lowest BCUT2D eigenvalue weighted by Crippen LogP contribution is -2.33. The van der Waals surface area contributed by atoms with Crippen LogP contribution in [-0.4, -0.2) is 66.3 Å². The average Bonchev–Trinajstić information content (AvgIpc) is 3.09. The van der Waals surface area contributed by atoms with Gasteiger partial charge in [0, 0.05) is 0 Å². The van der Waals surface area contributed by atoms with Gasteiger partial charge >= 0.3 is 0 Å². The van der Waals surface area contributed by atoms with Crippen molar-refractivity contribution in [3.05, 3.63) is 29.8 Å². The van der Waals surface area contributed by atoms with Crippen LogP contribution in [0.5, 0.6) is 0 Å². The first kappa shape index (κ1) is 15.5. The highest BCUT2D eigenvalue weighted by atomic mass is 16.6. The Labute approximate surface area is 139 Å². The number of H-pyrrole nitrogens is 1. The van der Waals surface area contributed by atoms with Gasteiger partial charge in [0.1, 0.15) is 30.8 Å². The van der Waals surface area contributed by atoms with E-state index in [0.29, 0.717) is 23.2 Å². The van der Waals surface area contributed by atoms with Gasteiger partial charge in [-0.05, 0) is 13.8 Å². The Morgan fingerprint density at radius 1 is 1.46 bits per heavy atom. The van der Waals surface area contributed by atoms with E-state index in [1.54, 1.807) is 0 Å². The van der Waals surface area contributed by atoms with Crippen molar-refractivity contribution in [3.63, 3.8) is 0 Å². The number of hydrogen-bond acceptors (Lipinski definition) is 7. The van der Waals surface area contributed by atoms with Crippen molar-refractivity contribution in [3.8, 4) is 0 Å². The maximum Gasteiger partial charge on any atom is 0.179 e. The number of aromatic nitrogens is 4. The molecule has 4 N–H and O–H groups in total. The van der Waals surface area contributed by atoms with E-state index in [2.05, 4.69) is 19.9 Å². The molecular formula is C15H21N5O4. The summed E-state index contributed by atoms with van der Waals surface area (Å²) >= 11 is 0. The predicted octanol–water partition coefficient (Wildman–Crippen LogP) is -0.762. The third kappa shape index (κ3) is 2.98. The summed E-state index contributed by atoms with van der Waals surface area (Å²) in [5.41, 5.74) is 2.24. The third-order valence-electron chi connectivity index (χ3n) is 3.87. The van der Waals surface area contributed by atoms with E-state index in [9.17, 15) is 15.3 Å². The van der Waals surface area contributed by atoms with Gasteiger partial charge in [-0.15, -0.1) is 0 Å². The molecule has 0 aliphatic carbocycles. The Morgan fingerprint density at radius 3 is 2.92 bits per heavy atom. The van der Waals surface area contributed by atoms with Gasteiger partial charge in [0.15, 0.2) is 11.7 Å².